The van der Waals surface area contributed by atoms with E-state index in [-0.39, 0.29) is 16.3 Å². The van der Waals surface area contributed by atoms with Gasteiger partial charge in [0.1, 0.15) is 33.9 Å². The van der Waals surface area contributed by atoms with Crippen molar-refractivity contribution in [2.45, 2.75) is 16.1 Å². The molecule has 0 aliphatic carbocycles. The molecule has 3 rings (SSSR count). The van der Waals surface area contributed by atoms with Crippen LogP contribution in [-0.2, 0) is 18.0 Å². The molecule has 3 aromatic rings. The zero-order valence-corrected chi connectivity index (χ0v) is 15.4. The number of hydrogen-bond donors (Lipinski definition) is 0. The molecule has 0 aliphatic heterocycles. The van der Waals surface area contributed by atoms with Gasteiger partial charge in [0.2, 0.25) is 6.41 Å². The van der Waals surface area contributed by atoms with Crippen LogP contribution in [-0.4, -0.2) is 16.2 Å². The maximum absolute atomic E-state index is 14.2. The Balaban J connectivity index is 2.24. The van der Waals surface area contributed by atoms with Gasteiger partial charge in [-0.1, -0.05) is 17.8 Å². The van der Waals surface area contributed by atoms with E-state index in [1.807, 2.05) is 0 Å². The maximum Gasteiger partial charge on any atom is 0.437 e. The van der Waals surface area contributed by atoms with Gasteiger partial charge in [0.25, 0.3) is 0 Å². The lowest BCUT2D eigenvalue weighted by atomic mass is 10.2. The Kier molecular flexibility index (Phi) is 5.60. The Bertz CT molecular complexity index is 1030. The number of aromatic nitrogens is 2. The first-order chi connectivity index (χ1) is 13.6. The molecule has 0 N–H and O–H groups in total. The summed E-state index contributed by atoms with van der Waals surface area (Å²) < 4.78 is 83.1. The Morgan fingerprint density at radius 3 is 2.10 bits per heavy atom. The van der Waals surface area contributed by atoms with E-state index in [1.54, 1.807) is 0 Å². The Morgan fingerprint density at radius 1 is 1.00 bits per heavy atom. The molecular weight excluding hydrogens is 420 g/mol. The highest BCUT2D eigenvalue weighted by Gasteiger charge is 2.42. The van der Waals surface area contributed by atoms with Gasteiger partial charge in [-0.15, -0.1) is 0 Å². The quantitative estimate of drug-likeness (QED) is 0.406. The largest absolute Gasteiger partial charge is 0.437 e. The molecule has 0 spiro atoms. The fourth-order valence-corrected chi connectivity index (χ4v) is 3.53. The lowest BCUT2D eigenvalue weighted by Gasteiger charge is -2.21. The molecule has 1 amide bonds. The normalized spacial score (nSPS) is 11.6. The average Bonchev–Trinajstić information content (AvgIpc) is 2.97. The summed E-state index contributed by atoms with van der Waals surface area (Å²) >= 11 is 0.725. The highest BCUT2D eigenvalue weighted by molar-refractivity contribution is 7.99. The van der Waals surface area contributed by atoms with Crippen molar-refractivity contribution >= 4 is 29.5 Å². The molecule has 2 aromatic carbocycles. The molecule has 1 aromatic heterocycles. The third-order valence-corrected chi connectivity index (χ3v) is 4.95. The smallest absolute Gasteiger partial charge is 0.278 e. The van der Waals surface area contributed by atoms with Crippen molar-refractivity contribution in [3.63, 3.8) is 0 Å². The summed E-state index contributed by atoms with van der Waals surface area (Å²) in [4.78, 5) is 12.2. The fraction of sp³-hybridized carbons (Fsp3) is 0.111. The van der Waals surface area contributed by atoms with Gasteiger partial charge >= 0.3 is 6.18 Å². The van der Waals surface area contributed by atoms with Gasteiger partial charge in [0.15, 0.2) is 5.69 Å². The van der Waals surface area contributed by atoms with Gasteiger partial charge in [-0.3, -0.25) is 14.4 Å². The van der Waals surface area contributed by atoms with Crippen molar-refractivity contribution in [2.75, 3.05) is 4.90 Å². The van der Waals surface area contributed by atoms with Crippen LogP contribution in [0.5, 0.6) is 0 Å². The van der Waals surface area contributed by atoms with E-state index in [4.69, 9.17) is 0 Å². The number of alkyl halides is 3. The molecule has 29 heavy (non-hydrogen) atoms. The minimum absolute atomic E-state index is 0.123. The molecule has 0 saturated carbocycles. The Labute approximate surface area is 164 Å². The maximum atomic E-state index is 14.2. The Morgan fingerprint density at radius 2 is 1.59 bits per heavy atom. The highest BCUT2D eigenvalue weighted by atomic mass is 32.2. The van der Waals surface area contributed by atoms with Gasteiger partial charge < -0.3 is 0 Å². The first-order valence-electron chi connectivity index (χ1n) is 7.89. The van der Waals surface area contributed by atoms with E-state index in [2.05, 4.69) is 5.10 Å². The minimum atomic E-state index is -5.02. The standard InChI is InChI=1S/C18H11F6N3OS/c1-26-17(29-11-7-5-10(19)6-8-11)15(16(25-26)18(22,23)24)27(9-28)14-12(20)3-2-4-13(14)21/h2-9H,1H3. The van der Waals surface area contributed by atoms with Crippen LogP contribution >= 0.6 is 11.8 Å². The van der Waals surface area contributed by atoms with Crippen molar-refractivity contribution in [2.24, 2.45) is 7.05 Å². The number of rotatable bonds is 5. The number of para-hydroxylation sites is 1. The molecule has 0 atom stereocenters. The lowest BCUT2D eigenvalue weighted by molar-refractivity contribution is -0.140. The zero-order valence-electron chi connectivity index (χ0n) is 14.5. The molecule has 0 aliphatic rings. The molecule has 0 bridgehead atoms. The molecule has 1 heterocycles. The van der Waals surface area contributed by atoms with Crippen molar-refractivity contribution in [3.05, 3.63) is 65.6 Å². The average molecular weight is 431 g/mol. The fourth-order valence-electron chi connectivity index (χ4n) is 2.57. The SMILES string of the molecule is Cn1nc(C(F)(F)F)c(N(C=O)c2c(F)cccc2F)c1Sc1ccc(F)cc1. The van der Waals surface area contributed by atoms with Crippen LogP contribution in [0.15, 0.2) is 52.4 Å². The number of nitrogens with zero attached hydrogens (tertiary/aromatic N) is 3. The number of halogens is 6. The molecule has 0 radical (unpaired) electrons. The van der Waals surface area contributed by atoms with E-state index < -0.39 is 40.7 Å². The van der Waals surface area contributed by atoms with Gasteiger partial charge in [0, 0.05) is 11.9 Å². The summed E-state index contributed by atoms with van der Waals surface area (Å²) in [6.45, 7) is 0. The third kappa shape index (κ3) is 4.09. The predicted molar refractivity (Wildman–Crippen MR) is 93.3 cm³/mol. The van der Waals surface area contributed by atoms with Crippen LogP contribution in [0.1, 0.15) is 5.69 Å². The van der Waals surface area contributed by atoms with Crippen LogP contribution in [0.25, 0.3) is 0 Å². The summed E-state index contributed by atoms with van der Waals surface area (Å²) in [7, 11) is 1.19. The topological polar surface area (TPSA) is 38.1 Å². The molecule has 0 unspecified atom stereocenters. The van der Waals surface area contributed by atoms with E-state index in [0.29, 0.717) is 4.90 Å². The Hall–Kier alpha value is -2.95. The van der Waals surface area contributed by atoms with E-state index in [9.17, 15) is 31.1 Å². The van der Waals surface area contributed by atoms with Crippen molar-refractivity contribution in [1.29, 1.82) is 0 Å². The zero-order chi connectivity index (χ0) is 21.3. The number of benzene rings is 2. The molecular formula is C18H11F6N3OS. The van der Waals surface area contributed by atoms with Gasteiger partial charge in [0.05, 0.1) is 0 Å². The molecule has 11 heteroatoms. The van der Waals surface area contributed by atoms with Gasteiger partial charge in [-0.2, -0.15) is 18.3 Å². The number of carbonyl (C=O) groups is 1. The number of carbonyl (C=O) groups excluding carboxylic acids is 1. The van der Waals surface area contributed by atoms with Crippen molar-refractivity contribution in [1.82, 2.24) is 9.78 Å². The van der Waals surface area contributed by atoms with Crippen molar-refractivity contribution in [3.8, 4) is 0 Å². The second kappa shape index (κ2) is 7.82. The molecule has 152 valence electrons. The molecule has 0 fully saturated rings. The first kappa shape index (κ1) is 20.8. The van der Waals surface area contributed by atoms with Crippen LogP contribution in [0, 0.1) is 17.5 Å². The minimum Gasteiger partial charge on any atom is -0.278 e. The first-order valence-corrected chi connectivity index (χ1v) is 8.71. The van der Waals surface area contributed by atoms with Gasteiger partial charge in [-0.25, -0.2) is 13.2 Å². The summed E-state index contributed by atoms with van der Waals surface area (Å²) in [6, 6.07) is 7.43. The summed E-state index contributed by atoms with van der Waals surface area (Å²) in [5.41, 5.74) is -3.31. The van der Waals surface area contributed by atoms with Crippen LogP contribution < -0.4 is 4.90 Å². The summed E-state index contributed by atoms with van der Waals surface area (Å²) in [6.07, 6.45) is -5.14. The molecule has 4 nitrogen and oxygen atoms in total. The monoisotopic (exact) mass is 431 g/mol. The highest BCUT2D eigenvalue weighted by Crippen LogP contribution is 2.46. The second-order valence-electron chi connectivity index (χ2n) is 5.73. The number of anilines is 2. The van der Waals surface area contributed by atoms with E-state index >= 15 is 0 Å². The number of amides is 1. The van der Waals surface area contributed by atoms with Crippen LogP contribution in [0.2, 0.25) is 0 Å². The van der Waals surface area contributed by atoms with Crippen LogP contribution in [0.3, 0.4) is 0 Å². The van der Waals surface area contributed by atoms with E-state index in [1.165, 1.54) is 19.2 Å². The molecule has 0 saturated heterocycles. The van der Waals surface area contributed by atoms with Gasteiger partial charge in [-0.05, 0) is 36.4 Å². The van der Waals surface area contributed by atoms with Crippen molar-refractivity contribution < 1.29 is 31.1 Å². The second-order valence-corrected chi connectivity index (χ2v) is 6.79. The summed E-state index contributed by atoms with van der Waals surface area (Å²) in [5.74, 6) is -3.02. The summed E-state index contributed by atoms with van der Waals surface area (Å²) in [5, 5.41) is 3.18. The number of hydrogen-bond acceptors (Lipinski definition) is 3. The third-order valence-electron chi connectivity index (χ3n) is 3.79. The van der Waals surface area contributed by atoms with Crippen LogP contribution in [0.4, 0.5) is 37.7 Å². The van der Waals surface area contributed by atoms with E-state index in [0.717, 1.165) is 46.8 Å². The lowest BCUT2D eigenvalue weighted by Crippen LogP contribution is -2.21. The number of aryl methyl sites for hydroxylation is 1. The predicted octanol–water partition coefficient (Wildman–Crippen LogP) is 5.30.